The van der Waals surface area contributed by atoms with Crippen LogP contribution in [-0.4, -0.2) is 9.61 Å². The molecular weight excluding hydrogens is 268 g/mol. The molecule has 0 N–H and O–H groups in total. The number of fused-ring (bicyclic) bond motifs is 2. The van der Waals surface area contributed by atoms with Crippen LogP contribution in [-0.2, 0) is 0 Å². The van der Waals surface area contributed by atoms with Gasteiger partial charge in [-0.1, -0.05) is 54.7 Å². The van der Waals surface area contributed by atoms with E-state index in [9.17, 15) is 0 Å². The summed E-state index contributed by atoms with van der Waals surface area (Å²) < 4.78 is 8.18. The standard InChI is InChI=1S/C16H10N2OS/c20-16-13-9-5-4-8-12(13)10-14-18(16)17-15(19-14)11-6-2-1-3-7-11/h1-10H. The summed E-state index contributed by atoms with van der Waals surface area (Å²) in [5, 5.41) is 6.55. The van der Waals surface area contributed by atoms with Crippen molar-refractivity contribution in [2.24, 2.45) is 0 Å². The van der Waals surface area contributed by atoms with Crippen molar-refractivity contribution >= 4 is 28.7 Å². The molecule has 0 aliphatic rings. The molecule has 0 atom stereocenters. The maximum Gasteiger partial charge on any atom is 0.246 e. The van der Waals surface area contributed by atoms with Crippen molar-refractivity contribution in [1.29, 1.82) is 0 Å². The van der Waals surface area contributed by atoms with Gasteiger partial charge in [0.2, 0.25) is 11.6 Å². The lowest BCUT2D eigenvalue weighted by atomic mass is 10.2. The van der Waals surface area contributed by atoms with Crippen molar-refractivity contribution in [2.75, 3.05) is 0 Å². The first-order valence-electron chi connectivity index (χ1n) is 6.30. The molecule has 0 saturated heterocycles. The van der Waals surface area contributed by atoms with E-state index in [1.54, 1.807) is 4.52 Å². The molecule has 0 amide bonds. The second kappa shape index (κ2) is 4.28. The third kappa shape index (κ3) is 1.66. The van der Waals surface area contributed by atoms with E-state index >= 15 is 0 Å². The van der Waals surface area contributed by atoms with Crippen molar-refractivity contribution in [2.45, 2.75) is 0 Å². The summed E-state index contributed by atoms with van der Waals surface area (Å²) >= 11 is 5.50. The molecule has 2 heterocycles. The zero-order valence-corrected chi connectivity index (χ0v) is 11.3. The molecular formula is C16H10N2OS. The summed E-state index contributed by atoms with van der Waals surface area (Å²) in [6.07, 6.45) is 0. The fourth-order valence-electron chi connectivity index (χ4n) is 2.30. The average molecular weight is 278 g/mol. The summed E-state index contributed by atoms with van der Waals surface area (Å²) in [6, 6.07) is 19.8. The number of hydrogen-bond acceptors (Lipinski definition) is 3. The molecule has 2 aromatic carbocycles. The lowest BCUT2D eigenvalue weighted by molar-refractivity contribution is 0.617. The minimum absolute atomic E-state index is 0.576. The van der Waals surface area contributed by atoms with Crippen LogP contribution >= 0.6 is 12.2 Å². The Labute approximate surface area is 120 Å². The Morgan fingerprint density at radius 1 is 0.950 bits per heavy atom. The molecule has 4 rings (SSSR count). The predicted octanol–water partition coefficient (Wildman–Crippen LogP) is 4.48. The highest BCUT2D eigenvalue weighted by Crippen LogP contribution is 2.23. The monoisotopic (exact) mass is 278 g/mol. The van der Waals surface area contributed by atoms with Gasteiger partial charge in [-0.15, -0.1) is 5.10 Å². The van der Waals surface area contributed by atoms with Crippen LogP contribution in [0, 0.1) is 4.64 Å². The Morgan fingerprint density at radius 2 is 1.70 bits per heavy atom. The Hall–Kier alpha value is -2.46. The highest BCUT2D eigenvalue weighted by atomic mass is 32.1. The summed E-state index contributed by atoms with van der Waals surface area (Å²) in [4.78, 5) is 0. The van der Waals surface area contributed by atoms with E-state index in [-0.39, 0.29) is 0 Å². The van der Waals surface area contributed by atoms with Crippen molar-refractivity contribution in [1.82, 2.24) is 9.61 Å². The number of aromatic nitrogens is 2. The van der Waals surface area contributed by atoms with Gasteiger partial charge >= 0.3 is 0 Å². The Morgan fingerprint density at radius 3 is 2.55 bits per heavy atom. The molecule has 0 saturated carbocycles. The maximum atomic E-state index is 5.83. The molecule has 96 valence electrons. The van der Waals surface area contributed by atoms with Crippen LogP contribution in [0.4, 0.5) is 0 Å². The number of benzene rings is 2. The normalized spacial score (nSPS) is 11.2. The number of pyridine rings is 1. The van der Waals surface area contributed by atoms with Gasteiger partial charge in [0.05, 0.1) is 0 Å². The van der Waals surface area contributed by atoms with Gasteiger partial charge < -0.3 is 4.42 Å². The molecule has 0 radical (unpaired) electrons. The van der Waals surface area contributed by atoms with Crippen LogP contribution in [0.5, 0.6) is 0 Å². The van der Waals surface area contributed by atoms with Crippen LogP contribution in [0.25, 0.3) is 27.9 Å². The van der Waals surface area contributed by atoms with Crippen molar-refractivity contribution in [3.05, 3.63) is 65.3 Å². The quantitative estimate of drug-likeness (QED) is 0.481. The van der Waals surface area contributed by atoms with Gasteiger partial charge in [-0.05, 0) is 17.5 Å². The summed E-state index contributed by atoms with van der Waals surface area (Å²) in [7, 11) is 0. The fourth-order valence-corrected chi connectivity index (χ4v) is 2.62. The van der Waals surface area contributed by atoms with Crippen molar-refractivity contribution in [3.63, 3.8) is 0 Å². The van der Waals surface area contributed by atoms with E-state index in [4.69, 9.17) is 16.6 Å². The first-order chi connectivity index (χ1) is 9.83. The van der Waals surface area contributed by atoms with Crippen molar-refractivity contribution in [3.8, 4) is 11.5 Å². The first-order valence-corrected chi connectivity index (χ1v) is 6.71. The fraction of sp³-hybridized carbons (Fsp3) is 0. The molecule has 4 aromatic rings. The van der Waals surface area contributed by atoms with Gasteiger partial charge in [-0.2, -0.15) is 4.52 Å². The maximum absolute atomic E-state index is 5.83. The largest absolute Gasteiger partial charge is 0.418 e. The van der Waals surface area contributed by atoms with Crippen LogP contribution in [0.2, 0.25) is 0 Å². The van der Waals surface area contributed by atoms with Gasteiger partial charge in [0, 0.05) is 17.0 Å². The van der Waals surface area contributed by atoms with Gasteiger partial charge in [-0.25, -0.2) is 0 Å². The molecule has 0 aliphatic carbocycles. The van der Waals surface area contributed by atoms with Crippen LogP contribution < -0.4 is 0 Å². The summed E-state index contributed by atoms with van der Waals surface area (Å²) in [5.41, 5.74) is 1.60. The highest BCUT2D eigenvalue weighted by molar-refractivity contribution is 7.71. The van der Waals surface area contributed by atoms with E-state index in [1.165, 1.54) is 0 Å². The third-order valence-electron chi connectivity index (χ3n) is 3.28. The molecule has 2 aromatic heterocycles. The molecule has 20 heavy (non-hydrogen) atoms. The van der Waals surface area contributed by atoms with Crippen LogP contribution in [0.1, 0.15) is 0 Å². The lowest BCUT2D eigenvalue weighted by Crippen LogP contribution is -1.90. The predicted molar refractivity (Wildman–Crippen MR) is 81.2 cm³/mol. The second-order valence-corrected chi connectivity index (χ2v) is 4.95. The third-order valence-corrected chi connectivity index (χ3v) is 3.68. The highest BCUT2D eigenvalue weighted by Gasteiger charge is 2.09. The minimum atomic E-state index is 0.576. The molecule has 4 heteroatoms. The van der Waals surface area contributed by atoms with Gasteiger partial charge in [0.1, 0.15) is 4.64 Å². The first kappa shape index (κ1) is 11.4. The zero-order chi connectivity index (χ0) is 13.5. The van der Waals surface area contributed by atoms with E-state index in [0.29, 0.717) is 16.2 Å². The van der Waals surface area contributed by atoms with E-state index in [2.05, 4.69) is 5.10 Å². The average Bonchev–Trinajstić information content (AvgIpc) is 2.93. The second-order valence-electron chi connectivity index (χ2n) is 4.56. The van der Waals surface area contributed by atoms with Crippen molar-refractivity contribution < 1.29 is 4.42 Å². The lowest BCUT2D eigenvalue weighted by Gasteiger charge is -1.97. The molecule has 0 unspecified atom stereocenters. The zero-order valence-electron chi connectivity index (χ0n) is 10.5. The van der Waals surface area contributed by atoms with Gasteiger partial charge in [-0.3, -0.25) is 0 Å². The SMILES string of the molecule is S=c1c2ccccc2cc2oc(-c3ccccc3)nn12. The Kier molecular flexibility index (Phi) is 2.44. The van der Waals surface area contributed by atoms with E-state index in [1.807, 2.05) is 60.7 Å². The number of rotatable bonds is 1. The van der Waals surface area contributed by atoms with Crippen LogP contribution in [0.3, 0.4) is 0 Å². The molecule has 3 nitrogen and oxygen atoms in total. The topological polar surface area (TPSA) is 30.4 Å². The molecule has 0 aliphatic heterocycles. The van der Waals surface area contributed by atoms with Gasteiger partial charge in [0.25, 0.3) is 0 Å². The molecule has 0 bridgehead atoms. The van der Waals surface area contributed by atoms with Gasteiger partial charge in [0.15, 0.2) is 0 Å². The molecule has 0 fully saturated rings. The minimum Gasteiger partial charge on any atom is -0.418 e. The molecule has 0 spiro atoms. The summed E-state index contributed by atoms with van der Waals surface area (Å²) in [5.74, 6) is 0.576. The smallest absolute Gasteiger partial charge is 0.246 e. The summed E-state index contributed by atoms with van der Waals surface area (Å²) in [6.45, 7) is 0. The Balaban J connectivity index is 2.07. The number of hydrogen-bond donors (Lipinski definition) is 0. The Bertz CT molecular complexity index is 970. The van der Waals surface area contributed by atoms with E-state index in [0.717, 1.165) is 16.3 Å². The van der Waals surface area contributed by atoms with Crippen LogP contribution in [0.15, 0.2) is 65.1 Å². The van der Waals surface area contributed by atoms with E-state index < -0.39 is 0 Å². The number of nitrogens with zero attached hydrogens (tertiary/aromatic N) is 2.